The summed E-state index contributed by atoms with van der Waals surface area (Å²) in [6.45, 7) is 0.505. The molecule has 100 valence electrons. The Balaban J connectivity index is 0.00000162. The number of halogens is 3. The molecule has 2 rings (SSSR count). The molecular formula is C12H15Br2ClN2O. The Morgan fingerprint density at radius 3 is 2.61 bits per heavy atom. The van der Waals surface area contributed by atoms with Gasteiger partial charge in [0.05, 0.1) is 5.56 Å². The SMILES string of the molecule is Cl.NCC(NC(=O)c1ccc(Br)cc1Br)C1CC1. The first-order valence-corrected chi connectivity index (χ1v) is 7.16. The van der Waals surface area contributed by atoms with Gasteiger partial charge < -0.3 is 11.1 Å². The predicted molar refractivity (Wildman–Crippen MR) is 82.1 cm³/mol. The van der Waals surface area contributed by atoms with E-state index in [0.717, 1.165) is 8.95 Å². The van der Waals surface area contributed by atoms with E-state index in [9.17, 15) is 4.79 Å². The molecule has 0 aliphatic heterocycles. The van der Waals surface area contributed by atoms with Crippen molar-refractivity contribution in [1.82, 2.24) is 5.32 Å². The summed E-state index contributed by atoms with van der Waals surface area (Å²) in [5.74, 6) is 0.505. The molecule has 1 fully saturated rings. The molecule has 6 heteroatoms. The van der Waals surface area contributed by atoms with Crippen molar-refractivity contribution in [3.63, 3.8) is 0 Å². The minimum atomic E-state index is -0.0632. The quantitative estimate of drug-likeness (QED) is 0.819. The Bertz CT molecular complexity index is 438. The number of rotatable bonds is 4. The lowest BCUT2D eigenvalue weighted by molar-refractivity contribution is 0.0932. The number of nitrogens with one attached hydrogen (secondary N) is 1. The zero-order valence-electron chi connectivity index (χ0n) is 9.66. The molecule has 1 amide bonds. The maximum absolute atomic E-state index is 12.1. The lowest BCUT2D eigenvalue weighted by Crippen LogP contribution is -2.41. The monoisotopic (exact) mass is 396 g/mol. The molecule has 1 unspecified atom stereocenters. The summed E-state index contributed by atoms with van der Waals surface area (Å²) in [6.07, 6.45) is 2.34. The third-order valence-electron chi connectivity index (χ3n) is 2.94. The zero-order chi connectivity index (χ0) is 12.4. The third-order valence-corrected chi connectivity index (χ3v) is 4.09. The minimum absolute atomic E-state index is 0. The van der Waals surface area contributed by atoms with E-state index < -0.39 is 0 Å². The fourth-order valence-electron chi connectivity index (χ4n) is 1.79. The molecule has 18 heavy (non-hydrogen) atoms. The smallest absolute Gasteiger partial charge is 0.252 e. The third kappa shape index (κ3) is 3.95. The Morgan fingerprint density at radius 2 is 2.11 bits per heavy atom. The van der Waals surface area contributed by atoms with E-state index in [-0.39, 0.29) is 24.4 Å². The summed E-state index contributed by atoms with van der Waals surface area (Å²) in [6, 6.07) is 5.62. The molecule has 1 aromatic carbocycles. The van der Waals surface area contributed by atoms with Gasteiger partial charge >= 0.3 is 0 Å². The van der Waals surface area contributed by atoms with E-state index in [1.54, 1.807) is 6.07 Å². The summed E-state index contributed by atoms with van der Waals surface area (Å²) in [7, 11) is 0. The van der Waals surface area contributed by atoms with Crippen LogP contribution in [0, 0.1) is 5.92 Å². The summed E-state index contributed by atoms with van der Waals surface area (Å²) in [5.41, 5.74) is 6.31. The van der Waals surface area contributed by atoms with Crippen LogP contribution in [0.3, 0.4) is 0 Å². The lowest BCUT2D eigenvalue weighted by atomic mass is 10.1. The molecular weight excluding hydrogens is 383 g/mol. The van der Waals surface area contributed by atoms with E-state index in [1.165, 1.54) is 12.8 Å². The van der Waals surface area contributed by atoms with Crippen LogP contribution in [0.5, 0.6) is 0 Å². The van der Waals surface area contributed by atoms with Crippen molar-refractivity contribution in [2.45, 2.75) is 18.9 Å². The number of hydrogen-bond acceptors (Lipinski definition) is 2. The first-order valence-electron chi connectivity index (χ1n) is 5.58. The molecule has 0 radical (unpaired) electrons. The molecule has 3 N–H and O–H groups in total. The highest BCUT2D eigenvalue weighted by Gasteiger charge is 2.31. The van der Waals surface area contributed by atoms with E-state index in [0.29, 0.717) is 18.0 Å². The van der Waals surface area contributed by atoms with Gasteiger partial charge in [0.25, 0.3) is 5.91 Å². The van der Waals surface area contributed by atoms with Crippen LogP contribution in [0.2, 0.25) is 0 Å². The lowest BCUT2D eigenvalue weighted by Gasteiger charge is -2.16. The van der Waals surface area contributed by atoms with Crippen LogP contribution < -0.4 is 11.1 Å². The standard InChI is InChI=1S/C12H14Br2N2O.ClH/c13-8-3-4-9(10(14)5-8)12(17)16-11(6-15)7-1-2-7;/h3-5,7,11H,1-2,6,15H2,(H,16,17);1H. The van der Waals surface area contributed by atoms with Crippen LogP contribution in [0.25, 0.3) is 0 Å². The van der Waals surface area contributed by atoms with Crippen molar-refractivity contribution >= 4 is 50.2 Å². The summed E-state index contributed by atoms with van der Waals surface area (Å²) in [5, 5.41) is 3.00. The van der Waals surface area contributed by atoms with Gasteiger partial charge in [-0.2, -0.15) is 0 Å². The van der Waals surface area contributed by atoms with Crippen LogP contribution >= 0.6 is 44.3 Å². The van der Waals surface area contributed by atoms with Crippen molar-refractivity contribution in [2.75, 3.05) is 6.54 Å². The highest BCUT2D eigenvalue weighted by Crippen LogP contribution is 2.32. The van der Waals surface area contributed by atoms with E-state index in [1.807, 2.05) is 12.1 Å². The topological polar surface area (TPSA) is 55.1 Å². The Kier molecular flexibility index (Phi) is 6.11. The van der Waals surface area contributed by atoms with E-state index >= 15 is 0 Å². The Labute approximate surface area is 130 Å². The zero-order valence-corrected chi connectivity index (χ0v) is 13.6. The molecule has 1 aliphatic rings. The highest BCUT2D eigenvalue weighted by molar-refractivity contribution is 9.11. The predicted octanol–water partition coefficient (Wildman–Crippen LogP) is 3.10. The van der Waals surface area contributed by atoms with Crippen LogP contribution in [0.1, 0.15) is 23.2 Å². The van der Waals surface area contributed by atoms with Crippen LogP contribution in [-0.4, -0.2) is 18.5 Å². The fraction of sp³-hybridized carbons (Fsp3) is 0.417. The number of carbonyl (C=O) groups is 1. The number of benzene rings is 1. The molecule has 1 atom stereocenters. The molecule has 0 bridgehead atoms. The molecule has 0 aromatic heterocycles. The number of carbonyl (C=O) groups excluding carboxylic acids is 1. The van der Waals surface area contributed by atoms with Gasteiger partial charge in [0.2, 0.25) is 0 Å². The van der Waals surface area contributed by atoms with Crippen molar-refractivity contribution in [3.05, 3.63) is 32.7 Å². The summed E-state index contributed by atoms with van der Waals surface area (Å²) < 4.78 is 1.73. The number of nitrogens with two attached hydrogens (primary N) is 1. The van der Waals surface area contributed by atoms with Crippen molar-refractivity contribution in [3.8, 4) is 0 Å². The van der Waals surface area contributed by atoms with E-state index in [4.69, 9.17) is 5.73 Å². The average Bonchev–Trinajstić information content (AvgIpc) is 3.09. The maximum atomic E-state index is 12.1. The highest BCUT2D eigenvalue weighted by atomic mass is 79.9. The van der Waals surface area contributed by atoms with Gasteiger partial charge in [-0.25, -0.2) is 0 Å². The normalized spacial score (nSPS) is 15.7. The second-order valence-electron chi connectivity index (χ2n) is 4.28. The average molecular weight is 399 g/mol. The van der Waals surface area contributed by atoms with Crippen molar-refractivity contribution in [1.29, 1.82) is 0 Å². The summed E-state index contributed by atoms with van der Waals surface area (Å²) in [4.78, 5) is 12.1. The van der Waals surface area contributed by atoms with Crippen molar-refractivity contribution < 1.29 is 4.79 Å². The number of hydrogen-bond donors (Lipinski definition) is 2. The second-order valence-corrected chi connectivity index (χ2v) is 6.05. The minimum Gasteiger partial charge on any atom is -0.348 e. The Morgan fingerprint density at radius 1 is 1.44 bits per heavy atom. The Hall–Kier alpha value is -0.100. The van der Waals surface area contributed by atoms with Crippen LogP contribution in [-0.2, 0) is 0 Å². The number of amides is 1. The first kappa shape index (κ1) is 16.0. The van der Waals surface area contributed by atoms with Gasteiger partial charge in [-0.15, -0.1) is 12.4 Å². The van der Waals surface area contributed by atoms with E-state index in [2.05, 4.69) is 37.2 Å². The van der Waals surface area contributed by atoms with Gasteiger partial charge in [0.15, 0.2) is 0 Å². The maximum Gasteiger partial charge on any atom is 0.252 e. The molecule has 0 saturated heterocycles. The first-order chi connectivity index (χ1) is 8.11. The van der Waals surface area contributed by atoms with Crippen LogP contribution in [0.4, 0.5) is 0 Å². The summed E-state index contributed by atoms with van der Waals surface area (Å²) >= 11 is 6.75. The van der Waals surface area contributed by atoms with Gasteiger partial charge in [-0.1, -0.05) is 15.9 Å². The molecule has 1 saturated carbocycles. The molecule has 0 spiro atoms. The van der Waals surface area contributed by atoms with Gasteiger partial charge in [0, 0.05) is 21.5 Å². The molecule has 0 heterocycles. The van der Waals surface area contributed by atoms with Crippen molar-refractivity contribution in [2.24, 2.45) is 11.7 Å². The molecule has 1 aromatic rings. The van der Waals surface area contributed by atoms with Gasteiger partial charge in [-0.05, 0) is 52.9 Å². The molecule has 1 aliphatic carbocycles. The van der Waals surface area contributed by atoms with Crippen LogP contribution in [0.15, 0.2) is 27.1 Å². The largest absolute Gasteiger partial charge is 0.348 e. The second kappa shape index (κ2) is 6.89. The van der Waals surface area contributed by atoms with Gasteiger partial charge in [-0.3, -0.25) is 4.79 Å². The fourth-order valence-corrected chi connectivity index (χ4v) is 3.01. The van der Waals surface area contributed by atoms with Gasteiger partial charge in [0.1, 0.15) is 0 Å². The molecule has 3 nitrogen and oxygen atoms in total.